The molecule has 134 valence electrons. The number of halogens is 2. The van der Waals surface area contributed by atoms with Gasteiger partial charge in [0.25, 0.3) is 5.91 Å². The fourth-order valence-electron chi connectivity index (χ4n) is 1.77. The van der Waals surface area contributed by atoms with Gasteiger partial charge in [-0.2, -0.15) is 0 Å². The molecule has 0 bridgehead atoms. The molecule has 1 aromatic heterocycles. The molecule has 1 aromatic carbocycles. The summed E-state index contributed by atoms with van der Waals surface area (Å²) < 4.78 is 27.6. The second kappa shape index (κ2) is 7.87. The second-order valence-corrected chi connectivity index (χ2v) is 8.21. The smallest absolute Gasteiger partial charge is 0.263 e. The zero-order chi connectivity index (χ0) is 18.6. The normalized spacial score (nSPS) is 11.2. The van der Waals surface area contributed by atoms with Crippen molar-refractivity contribution in [2.45, 2.75) is 30.6 Å². The Bertz CT molecular complexity index is 770. The van der Waals surface area contributed by atoms with Crippen LogP contribution in [0.1, 0.15) is 31.1 Å². The quantitative estimate of drug-likeness (QED) is 0.609. The summed E-state index contributed by atoms with van der Waals surface area (Å²) in [5.41, 5.74) is -1.02. The van der Waals surface area contributed by atoms with Crippen LogP contribution in [0.2, 0.25) is 0 Å². The van der Waals surface area contributed by atoms with Crippen molar-refractivity contribution in [2.75, 3.05) is 11.1 Å². The van der Waals surface area contributed by atoms with E-state index in [0.717, 1.165) is 35.2 Å². The molecule has 0 spiro atoms. The maximum atomic E-state index is 13.6. The summed E-state index contributed by atoms with van der Waals surface area (Å²) >= 11 is 2.16. The monoisotopic (exact) mass is 386 g/mol. The first kappa shape index (κ1) is 19.3. The van der Waals surface area contributed by atoms with E-state index < -0.39 is 23.1 Å². The minimum atomic E-state index is -0.963. The summed E-state index contributed by atoms with van der Waals surface area (Å²) in [4.78, 5) is 23.7. The number of amides is 2. The van der Waals surface area contributed by atoms with Crippen LogP contribution in [0.15, 0.2) is 22.5 Å². The molecule has 1 heterocycles. The van der Waals surface area contributed by atoms with Crippen LogP contribution in [0, 0.1) is 11.6 Å². The average molecular weight is 386 g/mol. The number of hydrogen-bond acceptors (Lipinski definition) is 6. The lowest BCUT2D eigenvalue weighted by atomic mass is 10.1. The molecule has 0 aliphatic heterocycles. The van der Waals surface area contributed by atoms with E-state index in [1.165, 1.54) is 6.07 Å². The zero-order valence-corrected chi connectivity index (χ0v) is 15.4. The highest BCUT2D eigenvalue weighted by molar-refractivity contribution is 8.01. The van der Waals surface area contributed by atoms with Crippen LogP contribution in [0.4, 0.5) is 13.9 Å². The topological polar surface area (TPSA) is 84.0 Å². The lowest BCUT2D eigenvalue weighted by Crippen LogP contribution is -2.41. The summed E-state index contributed by atoms with van der Waals surface area (Å²) in [7, 11) is 0. The number of benzene rings is 1. The molecule has 6 nitrogen and oxygen atoms in total. The van der Waals surface area contributed by atoms with E-state index in [1.54, 1.807) is 0 Å². The van der Waals surface area contributed by atoms with Crippen molar-refractivity contribution in [3.05, 3.63) is 35.4 Å². The highest BCUT2D eigenvalue weighted by Crippen LogP contribution is 2.26. The summed E-state index contributed by atoms with van der Waals surface area (Å²) in [5, 5.41) is 12.8. The van der Waals surface area contributed by atoms with Gasteiger partial charge in [-0.15, -0.1) is 10.2 Å². The van der Waals surface area contributed by atoms with Gasteiger partial charge in [0.2, 0.25) is 11.0 Å². The van der Waals surface area contributed by atoms with Gasteiger partial charge in [-0.3, -0.25) is 14.9 Å². The number of nitrogens with zero attached hydrogens (tertiary/aromatic N) is 2. The first-order valence-corrected chi connectivity index (χ1v) is 8.98. The summed E-state index contributed by atoms with van der Waals surface area (Å²) in [6.45, 7) is 5.61. The first-order valence-electron chi connectivity index (χ1n) is 7.18. The molecule has 2 N–H and O–H groups in total. The summed E-state index contributed by atoms with van der Waals surface area (Å²) in [5.74, 6) is -2.90. The zero-order valence-electron chi connectivity index (χ0n) is 13.7. The van der Waals surface area contributed by atoms with Gasteiger partial charge < -0.3 is 5.32 Å². The number of rotatable bonds is 5. The predicted molar refractivity (Wildman–Crippen MR) is 92.8 cm³/mol. The second-order valence-electron chi connectivity index (χ2n) is 6.01. The van der Waals surface area contributed by atoms with Crippen LogP contribution in [-0.4, -0.2) is 33.3 Å². The van der Waals surface area contributed by atoms with E-state index in [0.29, 0.717) is 4.34 Å². The summed E-state index contributed by atoms with van der Waals surface area (Å²) in [6, 6.07) is 3.16. The lowest BCUT2D eigenvalue weighted by molar-refractivity contribution is -0.119. The first-order chi connectivity index (χ1) is 11.7. The van der Waals surface area contributed by atoms with E-state index in [1.807, 2.05) is 20.8 Å². The number of anilines is 1. The van der Waals surface area contributed by atoms with Crippen molar-refractivity contribution in [3.63, 3.8) is 0 Å². The molecular weight excluding hydrogens is 370 g/mol. The average Bonchev–Trinajstić information content (AvgIpc) is 2.90. The van der Waals surface area contributed by atoms with Crippen LogP contribution >= 0.6 is 23.1 Å². The van der Waals surface area contributed by atoms with Gasteiger partial charge in [-0.25, -0.2) is 8.78 Å². The molecule has 2 rings (SSSR count). The predicted octanol–water partition coefficient (Wildman–Crippen LogP) is 3.08. The molecule has 0 fully saturated rings. The largest absolute Gasteiger partial charge is 0.351 e. The van der Waals surface area contributed by atoms with Gasteiger partial charge in [-0.1, -0.05) is 29.2 Å². The molecule has 10 heteroatoms. The standard InChI is InChI=1S/C15H16F2N4O2S2/c1-15(2,3)19-10(22)7-24-14-21-20-13(25-14)18-12(23)11-8(16)5-4-6-9(11)17/h4-6H,7H2,1-3H3,(H,19,22)(H,18,20,23). The molecule has 0 atom stereocenters. The molecular formula is C15H16F2N4O2S2. The number of carbonyl (C=O) groups is 2. The number of hydrogen-bond donors (Lipinski definition) is 2. The third kappa shape index (κ3) is 5.75. The fourth-order valence-corrected chi connectivity index (χ4v) is 3.32. The van der Waals surface area contributed by atoms with Gasteiger partial charge >= 0.3 is 0 Å². The highest BCUT2D eigenvalue weighted by Gasteiger charge is 2.19. The SMILES string of the molecule is CC(C)(C)NC(=O)CSc1nnc(NC(=O)c2c(F)cccc2F)s1. The van der Waals surface area contributed by atoms with Crippen LogP contribution in [-0.2, 0) is 4.79 Å². The van der Waals surface area contributed by atoms with Crippen molar-refractivity contribution < 1.29 is 18.4 Å². The van der Waals surface area contributed by atoms with Crippen molar-refractivity contribution in [2.24, 2.45) is 0 Å². The van der Waals surface area contributed by atoms with Gasteiger partial charge in [0, 0.05) is 5.54 Å². The Balaban J connectivity index is 1.95. The molecule has 0 saturated heterocycles. The molecule has 2 amide bonds. The number of carbonyl (C=O) groups excluding carboxylic acids is 2. The molecule has 25 heavy (non-hydrogen) atoms. The Morgan fingerprint density at radius 3 is 2.44 bits per heavy atom. The Hall–Kier alpha value is -2.07. The van der Waals surface area contributed by atoms with Crippen LogP contribution < -0.4 is 10.6 Å². The van der Waals surface area contributed by atoms with Crippen molar-refractivity contribution in [1.29, 1.82) is 0 Å². The Morgan fingerprint density at radius 2 is 1.84 bits per heavy atom. The Morgan fingerprint density at radius 1 is 1.20 bits per heavy atom. The molecule has 0 radical (unpaired) electrons. The maximum Gasteiger partial charge on any atom is 0.263 e. The van der Waals surface area contributed by atoms with Gasteiger partial charge in [-0.05, 0) is 32.9 Å². The van der Waals surface area contributed by atoms with Crippen LogP contribution in [0.3, 0.4) is 0 Å². The van der Waals surface area contributed by atoms with E-state index in [-0.39, 0.29) is 22.3 Å². The van der Waals surface area contributed by atoms with Crippen LogP contribution in [0.25, 0.3) is 0 Å². The van der Waals surface area contributed by atoms with Gasteiger partial charge in [0.1, 0.15) is 17.2 Å². The Labute approximate surface area is 151 Å². The maximum absolute atomic E-state index is 13.6. The van der Waals surface area contributed by atoms with Gasteiger partial charge in [0.15, 0.2) is 4.34 Å². The van der Waals surface area contributed by atoms with Crippen molar-refractivity contribution >= 4 is 40.0 Å². The van der Waals surface area contributed by atoms with Gasteiger partial charge in [0.05, 0.1) is 5.75 Å². The van der Waals surface area contributed by atoms with E-state index in [9.17, 15) is 18.4 Å². The minimum Gasteiger partial charge on any atom is -0.351 e. The van der Waals surface area contributed by atoms with E-state index in [2.05, 4.69) is 20.8 Å². The number of thioether (sulfide) groups is 1. The minimum absolute atomic E-state index is 0.0892. The Kier molecular flexibility index (Phi) is 6.07. The van der Waals surface area contributed by atoms with Crippen LogP contribution in [0.5, 0.6) is 0 Å². The highest BCUT2D eigenvalue weighted by atomic mass is 32.2. The van der Waals surface area contributed by atoms with Crippen molar-refractivity contribution in [1.82, 2.24) is 15.5 Å². The lowest BCUT2D eigenvalue weighted by Gasteiger charge is -2.19. The number of nitrogens with one attached hydrogen (secondary N) is 2. The molecule has 2 aromatic rings. The summed E-state index contributed by atoms with van der Waals surface area (Å²) in [6.07, 6.45) is 0. The van der Waals surface area contributed by atoms with Crippen molar-refractivity contribution in [3.8, 4) is 0 Å². The molecule has 0 aliphatic rings. The molecule has 0 unspecified atom stereocenters. The fraction of sp³-hybridized carbons (Fsp3) is 0.333. The molecule has 0 saturated carbocycles. The third-order valence-electron chi connectivity index (χ3n) is 2.66. The van der Waals surface area contributed by atoms with E-state index >= 15 is 0 Å². The van der Waals surface area contributed by atoms with E-state index in [4.69, 9.17) is 0 Å². The third-order valence-corrected chi connectivity index (χ3v) is 4.63. The number of aromatic nitrogens is 2. The molecule has 0 aliphatic carbocycles.